The van der Waals surface area contributed by atoms with E-state index in [0.717, 1.165) is 15.9 Å². The molecule has 0 bridgehead atoms. The summed E-state index contributed by atoms with van der Waals surface area (Å²) in [6.45, 7) is 1.93. The van der Waals surface area contributed by atoms with Crippen molar-refractivity contribution in [3.05, 3.63) is 44.9 Å². The summed E-state index contributed by atoms with van der Waals surface area (Å²) in [6.07, 6.45) is 0. The average Bonchev–Trinajstić information content (AvgIpc) is 2.97. The number of anilines is 1. The minimum atomic E-state index is -0.172. The fraction of sp³-hybridized carbons (Fsp3) is 0.143. The number of amides is 1. The smallest absolute Gasteiger partial charge is 0.265 e. The largest absolute Gasteiger partial charge is 0.321 e. The van der Waals surface area contributed by atoms with Crippen LogP contribution in [0.15, 0.2) is 24.3 Å². The van der Waals surface area contributed by atoms with Crippen LogP contribution in [0.25, 0.3) is 10.2 Å². The van der Waals surface area contributed by atoms with E-state index in [2.05, 4.69) is 10.4 Å². The molecule has 21 heavy (non-hydrogen) atoms. The predicted molar refractivity (Wildman–Crippen MR) is 87.7 cm³/mol. The van der Waals surface area contributed by atoms with Gasteiger partial charge in [-0.1, -0.05) is 23.2 Å². The lowest BCUT2D eigenvalue weighted by Gasteiger charge is -2.04. The Morgan fingerprint density at radius 1 is 1.29 bits per heavy atom. The van der Waals surface area contributed by atoms with E-state index in [1.54, 1.807) is 22.9 Å². The van der Waals surface area contributed by atoms with Crippen LogP contribution in [0.1, 0.15) is 15.4 Å². The van der Waals surface area contributed by atoms with E-state index >= 15 is 0 Å². The number of nitrogens with zero attached hydrogens (tertiary/aromatic N) is 2. The molecule has 1 amide bonds. The second kappa shape index (κ2) is 5.33. The number of hydrogen-bond donors (Lipinski definition) is 1. The maximum atomic E-state index is 12.3. The number of carbonyl (C=O) groups is 1. The summed E-state index contributed by atoms with van der Waals surface area (Å²) in [4.78, 5) is 13.9. The van der Waals surface area contributed by atoms with Gasteiger partial charge in [0.15, 0.2) is 0 Å². The molecule has 0 atom stereocenters. The van der Waals surface area contributed by atoms with Gasteiger partial charge in [-0.15, -0.1) is 11.3 Å². The van der Waals surface area contributed by atoms with Crippen LogP contribution in [0.4, 0.5) is 5.69 Å². The zero-order valence-corrected chi connectivity index (χ0v) is 13.6. The Bertz CT molecular complexity index is 819. The number of thiophene rings is 1. The summed E-state index contributed by atoms with van der Waals surface area (Å²) >= 11 is 13.2. The molecule has 1 N–H and O–H groups in total. The third kappa shape index (κ3) is 2.64. The number of carbonyl (C=O) groups excluding carboxylic acids is 1. The number of aromatic nitrogens is 2. The van der Waals surface area contributed by atoms with Gasteiger partial charge in [0.2, 0.25) is 0 Å². The normalized spacial score (nSPS) is 11.0. The highest BCUT2D eigenvalue weighted by atomic mass is 35.5. The van der Waals surface area contributed by atoms with Gasteiger partial charge >= 0.3 is 0 Å². The van der Waals surface area contributed by atoms with Crippen molar-refractivity contribution in [1.82, 2.24) is 9.78 Å². The maximum Gasteiger partial charge on any atom is 0.265 e. The molecule has 0 unspecified atom stereocenters. The highest BCUT2D eigenvalue weighted by Crippen LogP contribution is 2.29. The van der Waals surface area contributed by atoms with Crippen molar-refractivity contribution in [3.8, 4) is 0 Å². The van der Waals surface area contributed by atoms with Crippen LogP contribution in [0.3, 0.4) is 0 Å². The number of halogens is 2. The first-order chi connectivity index (χ1) is 9.95. The van der Waals surface area contributed by atoms with Crippen LogP contribution in [-0.2, 0) is 7.05 Å². The highest BCUT2D eigenvalue weighted by Gasteiger charge is 2.15. The van der Waals surface area contributed by atoms with Crippen molar-refractivity contribution in [2.45, 2.75) is 6.92 Å². The van der Waals surface area contributed by atoms with E-state index in [9.17, 15) is 4.79 Å². The van der Waals surface area contributed by atoms with Crippen molar-refractivity contribution in [1.29, 1.82) is 0 Å². The molecule has 0 aliphatic rings. The second-order valence-electron chi connectivity index (χ2n) is 4.62. The number of aryl methyl sites for hydroxylation is 2. The van der Waals surface area contributed by atoms with Gasteiger partial charge in [-0.2, -0.15) is 5.10 Å². The second-order valence-corrected chi connectivity index (χ2v) is 6.47. The molecule has 2 heterocycles. The molecule has 0 aliphatic carbocycles. The number of nitrogens with one attached hydrogen (secondary N) is 1. The summed E-state index contributed by atoms with van der Waals surface area (Å²) in [5.74, 6) is -0.172. The molecule has 0 saturated heterocycles. The van der Waals surface area contributed by atoms with Gasteiger partial charge in [0, 0.05) is 18.1 Å². The van der Waals surface area contributed by atoms with E-state index in [0.29, 0.717) is 20.6 Å². The molecule has 7 heteroatoms. The van der Waals surface area contributed by atoms with Gasteiger partial charge in [-0.3, -0.25) is 9.48 Å². The highest BCUT2D eigenvalue weighted by molar-refractivity contribution is 7.20. The quantitative estimate of drug-likeness (QED) is 0.746. The Labute approximate surface area is 135 Å². The van der Waals surface area contributed by atoms with Gasteiger partial charge in [-0.05, 0) is 31.2 Å². The molecule has 4 nitrogen and oxygen atoms in total. The summed E-state index contributed by atoms with van der Waals surface area (Å²) in [5, 5.41) is 9.00. The molecule has 3 rings (SSSR count). The summed E-state index contributed by atoms with van der Waals surface area (Å²) in [6, 6.07) is 6.85. The number of rotatable bonds is 2. The first kappa shape index (κ1) is 14.4. The van der Waals surface area contributed by atoms with Crippen LogP contribution < -0.4 is 5.32 Å². The van der Waals surface area contributed by atoms with Crippen molar-refractivity contribution in [3.63, 3.8) is 0 Å². The summed E-state index contributed by atoms with van der Waals surface area (Å²) < 4.78 is 1.78. The van der Waals surface area contributed by atoms with E-state index in [-0.39, 0.29) is 5.91 Å². The Balaban J connectivity index is 1.89. The van der Waals surface area contributed by atoms with Crippen molar-refractivity contribution >= 4 is 56.3 Å². The van der Waals surface area contributed by atoms with E-state index in [4.69, 9.17) is 23.2 Å². The average molecular weight is 340 g/mol. The fourth-order valence-corrected chi connectivity index (χ4v) is 3.40. The minimum absolute atomic E-state index is 0.172. The topological polar surface area (TPSA) is 46.9 Å². The molecule has 0 radical (unpaired) electrons. The van der Waals surface area contributed by atoms with Crippen LogP contribution in [0, 0.1) is 6.92 Å². The predicted octanol–water partition coefficient (Wildman–Crippen LogP) is 4.50. The van der Waals surface area contributed by atoms with Gasteiger partial charge < -0.3 is 5.32 Å². The van der Waals surface area contributed by atoms with Gasteiger partial charge in [0.1, 0.15) is 4.83 Å². The summed E-state index contributed by atoms with van der Waals surface area (Å²) in [7, 11) is 1.87. The molecular formula is C14H11Cl2N3OS. The molecule has 3 aromatic rings. The van der Waals surface area contributed by atoms with Gasteiger partial charge in [0.25, 0.3) is 5.91 Å². The Morgan fingerprint density at radius 3 is 2.71 bits per heavy atom. The summed E-state index contributed by atoms with van der Waals surface area (Å²) in [5.41, 5.74) is 1.53. The van der Waals surface area contributed by atoms with E-state index in [1.807, 2.05) is 20.0 Å². The number of fused-ring (bicyclic) bond motifs is 1. The third-order valence-corrected chi connectivity index (χ3v) is 5.04. The van der Waals surface area contributed by atoms with E-state index in [1.165, 1.54) is 11.3 Å². The molecule has 1 aromatic carbocycles. The lowest BCUT2D eigenvalue weighted by Crippen LogP contribution is -2.10. The van der Waals surface area contributed by atoms with Crippen LogP contribution in [-0.4, -0.2) is 15.7 Å². The fourth-order valence-electron chi connectivity index (χ4n) is 2.08. The molecular weight excluding hydrogens is 329 g/mol. The zero-order chi connectivity index (χ0) is 15.1. The van der Waals surface area contributed by atoms with Crippen molar-refractivity contribution in [2.75, 3.05) is 5.32 Å². The third-order valence-electron chi connectivity index (χ3n) is 3.10. The Morgan fingerprint density at radius 2 is 2.05 bits per heavy atom. The molecule has 0 saturated carbocycles. The Kier molecular flexibility index (Phi) is 3.65. The lowest BCUT2D eigenvalue weighted by molar-refractivity contribution is 0.103. The van der Waals surface area contributed by atoms with Crippen LogP contribution >= 0.6 is 34.5 Å². The lowest BCUT2D eigenvalue weighted by atomic mass is 10.3. The number of benzene rings is 1. The molecule has 0 spiro atoms. The first-order valence-corrected chi connectivity index (χ1v) is 7.72. The number of hydrogen-bond acceptors (Lipinski definition) is 3. The Hall–Kier alpha value is -1.56. The maximum absolute atomic E-state index is 12.3. The monoisotopic (exact) mass is 339 g/mol. The standard InChI is InChI=1S/C14H11Cl2N3OS/c1-7-9-6-12(21-14(9)19(2)18-7)13(20)17-8-3-4-10(15)11(16)5-8/h3-6H,1-2H3,(H,17,20). The van der Waals surface area contributed by atoms with Gasteiger partial charge in [0.05, 0.1) is 20.6 Å². The minimum Gasteiger partial charge on any atom is -0.321 e. The first-order valence-electron chi connectivity index (χ1n) is 6.15. The molecule has 0 fully saturated rings. The van der Waals surface area contributed by atoms with Crippen LogP contribution in [0.2, 0.25) is 10.0 Å². The molecule has 0 aliphatic heterocycles. The van der Waals surface area contributed by atoms with Crippen molar-refractivity contribution < 1.29 is 4.79 Å². The van der Waals surface area contributed by atoms with Crippen LogP contribution in [0.5, 0.6) is 0 Å². The molecule has 108 valence electrons. The van der Waals surface area contributed by atoms with Crippen molar-refractivity contribution in [2.24, 2.45) is 7.05 Å². The molecule has 2 aromatic heterocycles. The van der Waals surface area contributed by atoms with Gasteiger partial charge in [-0.25, -0.2) is 0 Å². The van der Waals surface area contributed by atoms with E-state index < -0.39 is 0 Å². The SMILES string of the molecule is Cc1nn(C)c2sc(C(=O)Nc3ccc(Cl)c(Cl)c3)cc12. The zero-order valence-electron chi connectivity index (χ0n) is 11.3.